The van der Waals surface area contributed by atoms with Gasteiger partial charge in [0.2, 0.25) is 0 Å². The van der Waals surface area contributed by atoms with Gasteiger partial charge in [0, 0.05) is 0 Å². The van der Waals surface area contributed by atoms with Gasteiger partial charge in [-0.05, 0) is 0 Å². The summed E-state index contributed by atoms with van der Waals surface area (Å²) in [7, 11) is -3.82. The zero-order valence-corrected chi connectivity index (χ0v) is 21.3. The van der Waals surface area contributed by atoms with Crippen LogP contribution in [-0.2, 0) is 10.0 Å². The minimum absolute atomic E-state index is 0.00731. The molecule has 0 radical (unpaired) electrons. The Bertz CT molecular complexity index is 1180. The van der Waals surface area contributed by atoms with E-state index in [1.54, 1.807) is 24.3 Å². The molecule has 152 valence electrons. The Balaban J connectivity index is 2.33. The molecule has 0 aliphatic heterocycles. The van der Waals surface area contributed by atoms with E-state index in [0.29, 0.717) is 16.1 Å². The van der Waals surface area contributed by atoms with Crippen LogP contribution in [0.25, 0.3) is 21.6 Å². The first-order valence-corrected chi connectivity index (χ1v) is 21.4. The van der Waals surface area contributed by atoms with E-state index < -0.39 is 34.4 Å². The quantitative estimate of drug-likeness (QED) is 0.448. The number of carboxylic acids is 1. The van der Waals surface area contributed by atoms with Crippen LogP contribution in [0.5, 0.6) is 0 Å². The summed E-state index contributed by atoms with van der Waals surface area (Å²) >= 11 is 4.43. The number of thiophene rings is 1. The summed E-state index contributed by atoms with van der Waals surface area (Å²) in [4.78, 5) is 20.0. The molecule has 3 N–H and O–H groups in total. The van der Waals surface area contributed by atoms with Crippen molar-refractivity contribution in [1.29, 1.82) is 0 Å². The number of carbonyl (C=O) groups is 1. The Kier molecular flexibility index (Phi) is 6.18. The van der Waals surface area contributed by atoms with Crippen molar-refractivity contribution in [1.82, 2.24) is 0 Å². The molecular weight excluding hydrogens is 537 g/mol. The second-order valence-electron chi connectivity index (χ2n) is 7.64. The third-order valence-corrected chi connectivity index (χ3v) is 13.1. The van der Waals surface area contributed by atoms with Crippen molar-refractivity contribution in [3.05, 3.63) is 58.4 Å². The number of nitrogens with two attached hydrogens (primary N) is 1. The van der Waals surface area contributed by atoms with Crippen LogP contribution >= 0.6 is 22.9 Å². The number of halogens is 1. The summed E-state index contributed by atoms with van der Waals surface area (Å²) in [6, 6.07) is 13.5. The van der Waals surface area contributed by atoms with Crippen LogP contribution in [0.2, 0.25) is 19.8 Å². The third kappa shape index (κ3) is 4.69. The predicted octanol–water partition coefficient (Wildman–Crippen LogP) is 4.63. The van der Waals surface area contributed by atoms with Gasteiger partial charge in [-0.3, -0.25) is 0 Å². The molecule has 9 heteroatoms. The van der Waals surface area contributed by atoms with Crippen molar-refractivity contribution < 1.29 is 18.3 Å². The van der Waals surface area contributed by atoms with E-state index in [4.69, 9.17) is 16.7 Å². The molecule has 1 heterocycles. The maximum atomic E-state index is 12.1. The molecule has 0 bridgehead atoms. The Hall–Kier alpha value is -1.39. The van der Waals surface area contributed by atoms with Crippen LogP contribution in [0.3, 0.4) is 0 Å². The molecule has 3 aromatic rings. The van der Waals surface area contributed by atoms with E-state index in [9.17, 15) is 18.3 Å². The van der Waals surface area contributed by atoms with Crippen LogP contribution in [0.4, 0.5) is 0 Å². The summed E-state index contributed by atoms with van der Waals surface area (Å²) in [5, 5.41) is 15.7. The molecule has 2 aromatic carbocycles. The minimum atomic E-state index is -3.82. The number of hydrogen-bond donors (Lipinski definition) is 2. The van der Waals surface area contributed by atoms with Crippen molar-refractivity contribution in [2.45, 2.75) is 19.7 Å². The molecular formula is C20H20ClNO4S2Sn. The summed E-state index contributed by atoms with van der Waals surface area (Å²) in [6.07, 6.45) is 0. The zero-order valence-electron chi connectivity index (χ0n) is 16.1. The van der Waals surface area contributed by atoms with Gasteiger partial charge in [-0.25, -0.2) is 0 Å². The normalized spacial score (nSPS) is 12.2. The molecule has 0 aliphatic rings. The molecule has 29 heavy (non-hydrogen) atoms. The first-order chi connectivity index (χ1) is 13.4. The van der Waals surface area contributed by atoms with Gasteiger partial charge in [0.15, 0.2) is 0 Å². The Morgan fingerprint density at radius 2 is 1.52 bits per heavy atom. The number of benzene rings is 2. The molecule has 0 unspecified atom stereocenters. The van der Waals surface area contributed by atoms with Gasteiger partial charge in [0.25, 0.3) is 0 Å². The molecule has 0 amide bonds. The molecule has 0 saturated carbocycles. The number of sulfonamides is 1. The molecule has 0 aliphatic carbocycles. The number of hydrogen-bond acceptors (Lipinski definition) is 4. The van der Waals surface area contributed by atoms with Gasteiger partial charge in [-0.15, -0.1) is 0 Å². The average molecular weight is 557 g/mol. The molecule has 0 fully saturated rings. The van der Waals surface area contributed by atoms with Gasteiger partial charge < -0.3 is 0 Å². The third-order valence-electron chi connectivity index (χ3n) is 4.43. The van der Waals surface area contributed by atoms with Crippen molar-refractivity contribution in [3.63, 3.8) is 0 Å². The van der Waals surface area contributed by atoms with E-state index in [1.165, 1.54) is 23.5 Å². The Morgan fingerprint density at radius 1 is 1.00 bits per heavy atom. The van der Waals surface area contributed by atoms with E-state index >= 15 is 0 Å². The fourth-order valence-corrected chi connectivity index (χ4v) is 12.9. The number of carboxylic acid groups (broad SMARTS) is 1. The maximum absolute atomic E-state index is 12.1. The van der Waals surface area contributed by atoms with Gasteiger partial charge in [0.1, 0.15) is 0 Å². The Morgan fingerprint density at radius 3 is 1.97 bits per heavy atom. The van der Waals surface area contributed by atoms with E-state index in [2.05, 4.69) is 14.8 Å². The van der Waals surface area contributed by atoms with Crippen LogP contribution in [0.15, 0.2) is 53.4 Å². The van der Waals surface area contributed by atoms with E-state index in [-0.39, 0.29) is 9.77 Å². The fourth-order valence-electron chi connectivity index (χ4n) is 3.19. The van der Waals surface area contributed by atoms with Gasteiger partial charge >= 0.3 is 184 Å². The van der Waals surface area contributed by atoms with Crippen molar-refractivity contribution >= 4 is 60.9 Å². The molecule has 3 rings (SSSR count). The molecule has 0 spiro atoms. The van der Waals surface area contributed by atoms with Crippen LogP contribution in [0, 0.1) is 0 Å². The van der Waals surface area contributed by atoms with Crippen LogP contribution in [0.1, 0.15) is 9.67 Å². The average Bonchev–Trinajstić information content (AvgIpc) is 3.03. The first-order valence-electron chi connectivity index (χ1n) is 8.69. The first kappa shape index (κ1) is 22.3. The van der Waals surface area contributed by atoms with Crippen molar-refractivity contribution in [2.75, 3.05) is 0 Å². The van der Waals surface area contributed by atoms with Gasteiger partial charge in [0.05, 0.1) is 0 Å². The molecule has 0 atom stereocenters. The van der Waals surface area contributed by atoms with E-state index in [1.807, 2.05) is 12.1 Å². The van der Waals surface area contributed by atoms with Crippen molar-refractivity contribution in [2.24, 2.45) is 5.14 Å². The van der Waals surface area contributed by atoms with Crippen molar-refractivity contribution in [3.8, 4) is 21.6 Å². The van der Waals surface area contributed by atoms with E-state index in [0.717, 1.165) is 14.0 Å². The number of primary sulfonamides is 1. The standard InChI is InChI=1S/C17H11ClNO4S2.3CH3.Sn/c18-12-5-1-11(2-6-12)15-9-14(16(24-15)17(20)21)10-3-7-13(8-4-10)25(19,22)23;;;;/h1-8H,(H,20,21)(H2,19,22,23);3*1H3;. The summed E-state index contributed by atoms with van der Waals surface area (Å²) in [5.41, 5.74) is 2.28. The molecule has 0 saturated heterocycles. The second kappa shape index (κ2) is 8.03. The predicted molar refractivity (Wildman–Crippen MR) is 122 cm³/mol. The summed E-state index contributed by atoms with van der Waals surface area (Å²) in [5.74, 6) is -1.00. The van der Waals surface area contributed by atoms with Crippen LogP contribution in [-0.4, -0.2) is 37.9 Å². The topological polar surface area (TPSA) is 97.5 Å². The Labute approximate surface area is 183 Å². The zero-order chi connectivity index (χ0) is 21.6. The second-order valence-corrected chi connectivity index (χ2v) is 24.9. The molecule has 5 nitrogen and oxygen atoms in total. The monoisotopic (exact) mass is 557 g/mol. The van der Waals surface area contributed by atoms with Gasteiger partial charge in [-0.1, -0.05) is 0 Å². The summed E-state index contributed by atoms with van der Waals surface area (Å²) in [6.45, 7) is 0. The number of aromatic carboxylic acids is 1. The van der Waals surface area contributed by atoms with Crippen LogP contribution < -0.4 is 8.72 Å². The van der Waals surface area contributed by atoms with Gasteiger partial charge in [-0.2, -0.15) is 0 Å². The summed E-state index contributed by atoms with van der Waals surface area (Å²) < 4.78 is 24.3. The fraction of sp³-hybridized carbons (Fsp3) is 0.150. The molecule has 1 aromatic heterocycles. The number of rotatable bonds is 5. The SMILES string of the molecule is [CH3][Sn]([CH3])([CH3])[c]1c(-c2ccc(Cl)cc2)sc(C(=O)O)c1-c1ccc(S(N)(=O)=O)cc1.